The fraction of sp³-hybridized carbons (Fsp3) is 0.600. The number of rotatable bonds is 4. The van der Waals surface area contributed by atoms with Crippen LogP contribution in [-0.4, -0.2) is 18.2 Å². The summed E-state index contributed by atoms with van der Waals surface area (Å²) in [6.07, 6.45) is 3.74. The van der Waals surface area contributed by atoms with Crippen molar-refractivity contribution >= 4 is 0 Å². The van der Waals surface area contributed by atoms with Crippen molar-refractivity contribution in [3.05, 3.63) is 35.9 Å². The molecule has 1 fully saturated rings. The van der Waals surface area contributed by atoms with Gasteiger partial charge in [-0.2, -0.15) is 0 Å². The van der Waals surface area contributed by atoms with Gasteiger partial charge in [-0.3, -0.25) is 0 Å². The zero-order chi connectivity index (χ0) is 12.3. The maximum absolute atomic E-state index is 6.05. The molecule has 0 radical (unpaired) electrons. The number of benzene rings is 1. The van der Waals surface area contributed by atoms with Gasteiger partial charge in [-0.15, -0.1) is 0 Å². The molecule has 0 aromatic heterocycles. The maximum atomic E-state index is 6.05. The van der Waals surface area contributed by atoms with E-state index >= 15 is 0 Å². The summed E-state index contributed by atoms with van der Waals surface area (Å²) in [5.74, 6) is 0.426. The number of hydrogen-bond acceptors (Lipinski definition) is 2. The van der Waals surface area contributed by atoms with Crippen molar-refractivity contribution in [2.24, 2.45) is 5.73 Å². The van der Waals surface area contributed by atoms with E-state index in [0.717, 1.165) is 19.3 Å². The molecule has 1 aromatic carbocycles. The molecule has 2 N–H and O–H groups in total. The van der Waals surface area contributed by atoms with Crippen molar-refractivity contribution in [2.75, 3.05) is 6.54 Å². The van der Waals surface area contributed by atoms with Crippen molar-refractivity contribution < 1.29 is 4.74 Å². The van der Waals surface area contributed by atoms with E-state index in [2.05, 4.69) is 38.1 Å². The highest BCUT2D eigenvalue weighted by Gasteiger charge is 2.32. The second-order valence-electron chi connectivity index (χ2n) is 5.62. The Morgan fingerprint density at radius 2 is 2.06 bits per heavy atom. The Labute approximate surface area is 104 Å². The van der Waals surface area contributed by atoms with Gasteiger partial charge in [0.15, 0.2) is 0 Å². The summed E-state index contributed by atoms with van der Waals surface area (Å²) < 4.78 is 6.05. The average molecular weight is 233 g/mol. The van der Waals surface area contributed by atoms with Crippen LogP contribution >= 0.6 is 0 Å². The lowest BCUT2D eigenvalue weighted by Crippen LogP contribution is -2.23. The van der Waals surface area contributed by atoms with E-state index in [1.807, 2.05) is 6.07 Å². The molecule has 1 aliphatic heterocycles. The van der Waals surface area contributed by atoms with Crippen LogP contribution in [0.3, 0.4) is 0 Å². The first-order chi connectivity index (χ1) is 8.11. The fourth-order valence-electron chi connectivity index (χ4n) is 2.65. The van der Waals surface area contributed by atoms with Gasteiger partial charge < -0.3 is 10.5 Å². The predicted molar refractivity (Wildman–Crippen MR) is 71.0 cm³/mol. The summed E-state index contributed by atoms with van der Waals surface area (Å²) in [6, 6.07) is 10.5. The zero-order valence-corrected chi connectivity index (χ0v) is 10.9. The number of hydrogen-bond donors (Lipinski definition) is 1. The molecule has 0 spiro atoms. The predicted octanol–water partition coefficient (Wildman–Crippen LogP) is 3.08. The molecule has 2 atom stereocenters. The minimum atomic E-state index is 0.0561. The molecule has 0 saturated carbocycles. The Bertz CT molecular complexity index is 347. The Hall–Kier alpha value is -0.860. The highest BCUT2D eigenvalue weighted by Crippen LogP contribution is 2.34. The molecule has 2 nitrogen and oxygen atoms in total. The minimum absolute atomic E-state index is 0.0561. The van der Waals surface area contributed by atoms with Gasteiger partial charge in [0, 0.05) is 0 Å². The summed E-state index contributed by atoms with van der Waals surface area (Å²) in [4.78, 5) is 0. The molecule has 2 rings (SSSR count). The van der Waals surface area contributed by atoms with Crippen LogP contribution < -0.4 is 5.73 Å². The van der Waals surface area contributed by atoms with Crippen LogP contribution in [0, 0.1) is 0 Å². The second kappa shape index (κ2) is 5.19. The van der Waals surface area contributed by atoms with Crippen LogP contribution in [0.15, 0.2) is 30.3 Å². The van der Waals surface area contributed by atoms with Gasteiger partial charge in [0.2, 0.25) is 0 Å². The van der Waals surface area contributed by atoms with E-state index in [9.17, 15) is 0 Å². The maximum Gasteiger partial charge on any atom is 0.0631 e. The van der Waals surface area contributed by atoms with Gasteiger partial charge >= 0.3 is 0 Å². The number of nitrogens with two attached hydrogens (primary N) is 1. The van der Waals surface area contributed by atoms with E-state index in [4.69, 9.17) is 10.5 Å². The van der Waals surface area contributed by atoms with Crippen LogP contribution in [0.5, 0.6) is 0 Å². The topological polar surface area (TPSA) is 35.2 Å². The van der Waals surface area contributed by atoms with Gasteiger partial charge in [0.25, 0.3) is 0 Å². The molecule has 0 bridgehead atoms. The van der Waals surface area contributed by atoms with Gasteiger partial charge in [-0.05, 0) is 51.1 Å². The summed E-state index contributed by atoms with van der Waals surface area (Å²) in [6.45, 7) is 5.05. The third-order valence-corrected chi connectivity index (χ3v) is 3.66. The minimum Gasteiger partial charge on any atom is -0.372 e. The Morgan fingerprint density at radius 3 is 2.59 bits per heavy atom. The van der Waals surface area contributed by atoms with Gasteiger partial charge in [-0.25, -0.2) is 0 Å². The van der Waals surface area contributed by atoms with E-state index in [-0.39, 0.29) is 5.60 Å². The van der Waals surface area contributed by atoms with Gasteiger partial charge in [-0.1, -0.05) is 30.3 Å². The molecule has 17 heavy (non-hydrogen) atoms. The quantitative estimate of drug-likeness (QED) is 0.867. The lowest BCUT2D eigenvalue weighted by atomic mass is 9.92. The number of ether oxygens (including phenoxy) is 1. The molecule has 0 aliphatic carbocycles. The molecule has 1 heterocycles. The van der Waals surface area contributed by atoms with Gasteiger partial charge in [0.05, 0.1) is 11.7 Å². The van der Waals surface area contributed by atoms with Crippen molar-refractivity contribution in [1.29, 1.82) is 0 Å². The average Bonchev–Trinajstić information content (AvgIpc) is 2.67. The Balaban J connectivity index is 1.97. The third kappa shape index (κ3) is 3.30. The molecule has 94 valence electrons. The summed E-state index contributed by atoms with van der Waals surface area (Å²) in [5.41, 5.74) is 7.29. The highest BCUT2D eigenvalue weighted by molar-refractivity contribution is 5.20. The first-order valence-electron chi connectivity index (χ1n) is 6.53. The third-order valence-electron chi connectivity index (χ3n) is 3.66. The second-order valence-corrected chi connectivity index (χ2v) is 5.62. The van der Waals surface area contributed by atoms with Crippen LogP contribution in [0.2, 0.25) is 0 Å². The van der Waals surface area contributed by atoms with Crippen LogP contribution in [-0.2, 0) is 4.74 Å². The standard InChI is InChI=1S/C15H23NO/c1-15(2)9-8-14(17-15)10-13(11-16)12-6-4-3-5-7-12/h3-7,13-14H,8-11,16H2,1-2H3. The summed E-state index contributed by atoms with van der Waals surface area (Å²) in [5, 5.41) is 0. The first-order valence-corrected chi connectivity index (χ1v) is 6.53. The molecule has 0 amide bonds. The van der Waals surface area contributed by atoms with Gasteiger partial charge in [0.1, 0.15) is 0 Å². The van der Waals surface area contributed by atoms with Crippen molar-refractivity contribution in [3.8, 4) is 0 Å². The first kappa shape index (κ1) is 12.6. The largest absolute Gasteiger partial charge is 0.372 e. The van der Waals surface area contributed by atoms with E-state index in [1.54, 1.807) is 0 Å². The molecule has 1 aromatic rings. The summed E-state index contributed by atoms with van der Waals surface area (Å²) in [7, 11) is 0. The summed E-state index contributed by atoms with van der Waals surface area (Å²) >= 11 is 0. The molecule has 1 aliphatic rings. The van der Waals surface area contributed by atoms with Crippen LogP contribution in [0.4, 0.5) is 0 Å². The molecule has 2 unspecified atom stereocenters. The van der Waals surface area contributed by atoms with E-state index in [1.165, 1.54) is 5.56 Å². The van der Waals surface area contributed by atoms with E-state index in [0.29, 0.717) is 18.6 Å². The Kier molecular flexibility index (Phi) is 3.85. The lowest BCUT2D eigenvalue weighted by Gasteiger charge is -2.23. The molecule has 2 heteroatoms. The SMILES string of the molecule is CC1(C)CCC(CC(CN)c2ccccc2)O1. The normalized spacial score (nSPS) is 24.8. The van der Waals surface area contributed by atoms with Crippen molar-refractivity contribution in [1.82, 2.24) is 0 Å². The van der Waals surface area contributed by atoms with E-state index < -0.39 is 0 Å². The fourth-order valence-corrected chi connectivity index (χ4v) is 2.65. The van der Waals surface area contributed by atoms with Crippen LogP contribution in [0.1, 0.15) is 44.6 Å². The zero-order valence-electron chi connectivity index (χ0n) is 10.9. The van der Waals surface area contributed by atoms with Crippen molar-refractivity contribution in [2.45, 2.75) is 50.7 Å². The van der Waals surface area contributed by atoms with Crippen LogP contribution in [0.25, 0.3) is 0 Å². The smallest absolute Gasteiger partial charge is 0.0631 e. The highest BCUT2D eigenvalue weighted by atomic mass is 16.5. The lowest BCUT2D eigenvalue weighted by molar-refractivity contribution is -0.0206. The van der Waals surface area contributed by atoms with Crippen molar-refractivity contribution in [3.63, 3.8) is 0 Å². The molecular formula is C15H23NO. The Morgan fingerprint density at radius 1 is 1.35 bits per heavy atom. The molecular weight excluding hydrogens is 210 g/mol. The molecule has 1 saturated heterocycles. The monoisotopic (exact) mass is 233 g/mol.